The molecule has 3 rings (SSSR count). The molecule has 0 aliphatic heterocycles. The van der Waals surface area contributed by atoms with Crippen molar-refractivity contribution in [2.24, 2.45) is 5.41 Å². The summed E-state index contributed by atoms with van der Waals surface area (Å²) >= 11 is 6.14. The van der Waals surface area contributed by atoms with Gasteiger partial charge >= 0.3 is 0 Å². The number of fused-ring (bicyclic) bond motifs is 1. The van der Waals surface area contributed by atoms with Crippen molar-refractivity contribution in [1.82, 2.24) is 9.97 Å². The second-order valence-electron chi connectivity index (χ2n) is 5.54. The largest absolute Gasteiger partial charge is 0.368 e. The third-order valence-electron chi connectivity index (χ3n) is 4.42. The van der Waals surface area contributed by atoms with Crippen LogP contribution in [0.1, 0.15) is 49.8 Å². The number of hydrogen-bond acceptors (Lipinski definition) is 3. The average molecular weight is 252 g/mol. The molecule has 0 amide bonds. The van der Waals surface area contributed by atoms with Crippen molar-refractivity contribution < 1.29 is 0 Å². The first-order chi connectivity index (χ1) is 8.19. The summed E-state index contributed by atoms with van der Waals surface area (Å²) in [6.07, 6.45) is 10.1. The number of aromatic nitrogens is 2. The summed E-state index contributed by atoms with van der Waals surface area (Å²) in [7, 11) is 0. The fraction of sp³-hybridized carbons (Fsp3) is 0.692. The van der Waals surface area contributed by atoms with Gasteiger partial charge in [-0.2, -0.15) is 0 Å². The molecule has 0 radical (unpaired) electrons. The molecule has 0 saturated heterocycles. The smallest absolute Gasteiger partial charge is 0.221 e. The van der Waals surface area contributed by atoms with E-state index in [-0.39, 0.29) is 0 Å². The van der Waals surface area contributed by atoms with Crippen molar-refractivity contribution in [3.8, 4) is 0 Å². The maximum Gasteiger partial charge on any atom is 0.221 e. The maximum absolute atomic E-state index is 6.14. The highest BCUT2D eigenvalue weighted by Gasteiger charge is 2.37. The normalized spacial score (nSPS) is 22.4. The van der Waals surface area contributed by atoms with Gasteiger partial charge in [-0.15, -0.1) is 0 Å². The molecule has 2 N–H and O–H groups in total. The van der Waals surface area contributed by atoms with Crippen LogP contribution in [0.3, 0.4) is 0 Å². The topological polar surface area (TPSA) is 51.8 Å². The molecule has 1 spiro atoms. The third kappa shape index (κ3) is 2.01. The summed E-state index contributed by atoms with van der Waals surface area (Å²) in [5, 5.41) is 0.568. The van der Waals surface area contributed by atoms with Crippen molar-refractivity contribution >= 4 is 17.5 Å². The van der Waals surface area contributed by atoms with Crippen LogP contribution >= 0.6 is 11.6 Å². The number of hydrogen-bond donors (Lipinski definition) is 1. The van der Waals surface area contributed by atoms with Gasteiger partial charge in [0.15, 0.2) is 0 Å². The van der Waals surface area contributed by atoms with Crippen molar-refractivity contribution in [3.05, 3.63) is 16.4 Å². The van der Waals surface area contributed by atoms with Crippen molar-refractivity contribution in [3.63, 3.8) is 0 Å². The summed E-state index contributed by atoms with van der Waals surface area (Å²) < 4.78 is 0. The molecule has 0 unspecified atom stereocenters. The number of anilines is 1. The lowest BCUT2D eigenvalue weighted by Crippen LogP contribution is -2.32. The van der Waals surface area contributed by atoms with Crippen molar-refractivity contribution in [2.75, 3.05) is 5.73 Å². The molecule has 3 nitrogen and oxygen atoms in total. The van der Waals surface area contributed by atoms with E-state index in [4.69, 9.17) is 17.3 Å². The van der Waals surface area contributed by atoms with Crippen LogP contribution in [0.2, 0.25) is 5.15 Å². The van der Waals surface area contributed by atoms with Gasteiger partial charge < -0.3 is 5.73 Å². The molecule has 17 heavy (non-hydrogen) atoms. The highest BCUT2D eigenvalue weighted by atomic mass is 35.5. The minimum absolute atomic E-state index is 0.321. The monoisotopic (exact) mass is 251 g/mol. The second-order valence-corrected chi connectivity index (χ2v) is 5.89. The molecule has 1 aromatic heterocycles. The highest BCUT2D eigenvalue weighted by molar-refractivity contribution is 6.30. The Labute approximate surface area is 107 Å². The van der Waals surface area contributed by atoms with Crippen LogP contribution in [0, 0.1) is 5.41 Å². The van der Waals surface area contributed by atoms with Gasteiger partial charge in [-0.25, -0.2) is 9.97 Å². The minimum atomic E-state index is 0.321. The zero-order valence-electron chi connectivity index (χ0n) is 10.0. The zero-order valence-corrected chi connectivity index (χ0v) is 10.8. The van der Waals surface area contributed by atoms with Crippen molar-refractivity contribution in [2.45, 2.75) is 51.4 Å². The molecular formula is C13H18ClN3. The summed E-state index contributed by atoms with van der Waals surface area (Å²) in [4.78, 5) is 8.46. The fourth-order valence-corrected chi connectivity index (χ4v) is 3.76. The number of nitrogens with zero attached hydrogens (tertiary/aromatic N) is 2. The molecule has 2 aliphatic rings. The quantitative estimate of drug-likeness (QED) is 0.721. The first-order valence-corrected chi connectivity index (χ1v) is 6.87. The summed E-state index contributed by atoms with van der Waals surface area (Å²) in [5.74, 6) is 0.321. The molecule has 1 heterocycles. The number of nitrogen functional groups attached to an aromatic ring is 1. The number of rotatable bonds is 0. The lowest BCUT2D eigenvalue weighted by atomic mass is 9.65. The first kappa shape index (κ1) is 11.3. The zero-order chi connectivity index (χ0) is 11.9. The van der Waals surface area contributed by atoms with Gasteiger partial charge in [-0.1, -0.05) is 30.9 Å². The molecule has 1 aromatic rings. The number of nitrogens with two attached hydrogens (primary N) is 1. The van der Waals surface area contributed by atoms with E-state index in [0.717, 1.165) is 24.1 Å². The van der Waals surface area contributed by atoms with Crippen LogP contribution in [-0.2, 0) is 12.8 Å². The van der Waals surface area contributed by atoms with E-state index in [1.807, 2.05) is 0 Å². The van der Waals surface area contributed by atoms with Gasteiger partial charge in [-0.05, 0) is 37.5 Å². The van der Waals surface area contributed by atoms with Gasteiger partial charge in [0.2, 0.25) is 5.95 Å². The maximum atomic E-state index is 6.14. The predicted molar refractivity (Wildman–Crippen MR) is 69.0 cm³/mol. The van der Waals surface area contributed by atoms with Crippen LogP contribution in [-0.4, -0.2) is 9.97 Å². The Bertz CT molecular complexity index is 439. The summed E-state index contributed by atoms with van der Waals surface area (Å²) in [5.41, 5.74) is 8.42. The van der Waals surface area contributed by atoms with E-state index in [9.17, 15) is 0 Å². The van der Waals surface area contributed by atoms with E-state index in [1.165, 1.54) is 38.5 Å². The van der Waals surface area contributed by atoms with Gasteiger partial charge in [0.1, 0.15) is 5.15 Å². The Morgan fingerprint density at radius 2 is 1.82 bits per heavy atom. The molecule has 1 saturated carbocycles. The molecule has 0 bridgehead atoms. The van der Waals surface area contributed by atoms with Crippen LogP contribution in [0.15, 0.2) is 0 Å². The molecule has 92 valence electrons. The van der Waals surface area contributed by atoms with E-state index in [0.29, 0.717) is 16.5 Å². The van der Waals surface area contributed by atoms with E-state index >= 15 is 0 Å². The van der Waals surface area contributed by atoms with Gasteiger partial charge in [-0.3, -0.25) is 0 Å². The Hall–Kier alpha value is -0.830. The van der Waals surface area contributed by atoms with E-state index in [2.05, 4.69) is 9.97 Å². The molecule has 1 fully saturated rings. The van der Waals surface area contributed by atoms with Gasteiger partial charge in [0, 0.05) is 5.56 Å². The highest BCUT2D eigenvalue weighted by Crippen LogP contribution is 2.46. The van der Waals surface area contributed by atoms with Crippen LogP contribution in [0.25, 0.3) is 0 Å². The van der Waals surface area contributed by atoms with Crippen LogP contribution in [0.5, 0.6) is 0 Å². The molecule has 0 atom stereocenters. The Balaban J connectivity index is 1.94. The van der Waals surface area contributed by atoms with Gasteiger partial charge in [0.25, 0.3) is 0 Å². The van der Waals surface area contributed by atoms with E-state index in [1.54, 1.807) is 0 Å². The standard InChI is InChI=1S/C13H18ClN3/c14-11-9-4-7-13(5-2-1-3-6-13)8-10(9)16-12(15)17-11/h1-8H2,(H2,15,16,17). The summed E-state index contributed by atoms with van der Waals surface area (Å²) in [6, 6.07) is 0. The Morgan fingerprint density at radius 3 is 2.59 bits per heavy atom. The molecule has 0 aromatic carbocycles. The van der Waals surface area contributed by atoms with Gasteiger partial charge in [0.05, 0.1) is 5.69 Å². The lowest BCUT2D eigenvalue weighted by Gasteiger charge is -2.40. The molecule has 2 aliphatic carbocycles. The predicted octanol–water partition coefficient (Wildman–Crippen LogP) is 3.15. The molecule has 4 heteroatoms. The fourth-order valence-electron chi connectivity index (χ4n) is 3.47. The SMILES string of the molecule is Nc1nc(Cl)c2c(n1)CC1(CCCCC1)CC2. The summed E-state index contributed by atoms with van der Waals surface area (Å²) in [6.45, 7) is 0. The van der Waals surface area contributed by atoms with E-state index < -0.39 is 0 Å². The first-order valence-electron chi connectivity index (χ1n) is 6.49. The minimum Gasteiger partial charge on any atom is -0.368 e. The Morgan fingerprint density at radius 1 is 1.06 bits per heavy atom. The van der Waals surface area contributed by atoms with Crippen LogP contribution in [0.4, 0.5) is 5.95 Å². The van der Waals surface area contributed by atoms with Crippen molar-refractivity contribution in [1.29, 1.82) is 0 Å². The molecular weight excluding hydrogens is 234 g/mol. The number of halogens is 1. The third-order valence-corrected chi connectivity index (χ3v) is 4.73. The Kier molecular flexibility index (Phi) is 2.74. The average Bonchev–Trinajstić information content (AvgIpc) is 2.29. The second kappa shape index (κ2) is 4.13. The lowest BCUT2D eigenvalue weighted by molar-refractivity contribution is 0.160. The van der Waals surface area contributed by atoms with Crippen LogP contribution < -0.4 is 5.73 Å².